The monoisotopic (exact) mass is 541 g/mol. The van der Waals surface area contributed by atoms with E-state index in [9.17, 15) is 4.79 Å². The van der Waals surface area contributed by atoms with Gasteiger partial charge in [-0.05, 0) is 55.5 Å². The van der Waals surface area contributed by atoms with Gasteiger partial charge in [-0.1, -0.05) is 84.9 Å². The number of rotatable bonds is 12. The maximum atomic E-state index is 11.8. The Morgan fingerprint density at radius 3 is 2.15 bits per heavy atom. The lowest BCUT2D eigenvalue weighted by Gasteiger charge is -2.27. The van der Waals surface area contributed by atoms with Crippen molar-refractivity contribution in [1.82, 2.24) is 4.72 Å². The standard InChI is InChI=1S/C26H30Cl3NO3S/c1-6-17(22(27)7-2)15-33-25-23(28)12-19(13-24(25)29)26(3,4)18-8-10-21(11-9-18)32-16-20(31)14-30-34-5/h6-13,30H,14-16H2,1-5H3/b17-6-,22-7+. The van der Waals surface area contributed by atoms with Crippen LogP contribution in [0.15, 0.2) is 59.2 Å². The topological polar surface area (TPSA) is 47.6 Å². The van der Waals surface area contributed by atoms with Crippen LogP contribution in [0.25, 0.3) is 0 Å². The first kappa shape index (κ1) is 28.6. The van der Waals surface area contributed by atoms with Crippen molar-refractivity contribution in [2.75, 3.05) is 26.0 Å². The molecule has 0 radical (unpaired) electrons. The quantitative estimate of drug-likeness (QED) is 0.221. The zero-order valence-electron chi connectivity index (χ0n) is 20.0. The highest BCUT2D eigenvalue weighted by Crippen LogP contribution is 2.41. The van der Waals surface area contributed by atoms with Gasteiger partial charge in [-0.2, -0.15) is 0 Å². The third kappa shape index (κ3) is 7.69. The molecule has 0 heterocycles. The summed E-state index contributed by atoms with van der Waals surface area (Å²) in [5.41, 5.74) is 2.46. The normalized spacial score (nSPS) is 12.6. The average molecular weight is 543 g/mol. The highest BCUT2D eigenvalue weighted by Gasteiger charge is 2.26. The molecular formula is C26H30Cl3NO3S. The van der Waals surface area contributed by atoms with Crippen LogP contribution in [0, 0.1) is 0 Å². The third-order valence-corrected chi connectivity index (χ3v) is 6.85. The number of allylic oxidation sites excluding steroid dienone is 2. The highest BCUT2D eigenvalue weighted by molar-refractivity contribution is 7.96. The van der Waals surface area contributed by atoms with Crippen LogP contribution in [0.1, 0.15) is 38.8 Å². The molecule has 0 spiro atoms. The lowest BCUT2D eigenvalue weighted by atomic mass is 9.78. The van der Waals surface area contributed by atoms with Crippen molar-refractivity contribution in [2.45, 2.75) is 33.1 Å². The van der Waals surface area contributed by atoms with E-state index in [2.05, 4.69) is 18.6 Å². The summed E-state index contributed by atoms with van der Waals surface area (Å²) >= 11 is 20.7. The first-order valence-electron chi connectivity index (χ1n) is 10.7. The lowest BCUT2D eigenvalue weighted by molar-refractivity contribution is -0.119. The van der Waals surface area contributed by atoms with Crippen molar-refractivity contribution in [3.05, 3.63) is 80.3 Å². The van der Waals surface area contributed by atoms with Gasteiger partial charge in [-0.25, -0.2) is 0 Å². The number of nitrogens with one attached hydrogen (secondary N) is 1. The van der Waals surface area contributed by atoms with Crippen molar-refractivity contribution in [3.63, 3.8) is 0 Å². The lowest BCUT2D eigenvalue weighted by Crippen LogP contribution is -2.22. The number of ketones is 1. The highest BCUT2D eigenvalue weighted by atomic mass is 35.5. The smallest absolute Gasteiger partial charge is 0.184 e. The van der Waals surface area contributed by atoms with Gasteiger partial charge in [0.15, 0.2) is 11.5 Å². The predicted octanol–water partition coefficient (Wildman–Crippen LogP) is 7.60. The number of ether oxygens (including phenoxy) is 2. The molecule has 34 heavy (non-hydrogen) atoms. The fourth-order valence-electron chi connectivity index (χ4n) is 3.19. The molecule has 0 aliphatic heterocycles. The Morgan fingerprint density at radius 2 is 1.62 bits per heavy atom. The zero-order valence-corrected chi connectivity index (χ0v) is 23.1. The van der Waals surface area contributed by atoms with E-state index in [0.29, 0.717) is 26.6 Å². The fourth-order valence-corrected chi connectivity index (χ4v) is 4.25. The molecule has 1 N–H and O–H groups in total. The summed E-state index contributed by atoms with van der Waals surface area (Å²) in [6, 6.07) is 11.4. The molecule has 0 unspecified atom stereocenters. The van der Waals surface area contributed by atoms with Gasteiger partial charge >= 0.3 is 0 Å². The van der Waals surface area contributed by atoms with Gasteiger partial charge in [-0.15, -0.1) is 0 Å². The van der Waals surface area contributed by atoms with Crippen LogP contribution in [0.5, 0.6) is 11.5 Å². The second kappa shape index (κ2) is 13.5. The van der Waals surface area contributed by atoms with E-state index < -0.39 is 0 Å². The Balaban J connectivity index is 2.16. The van der Waals surface area contributed by atoms with E-state index in [4.69, 9.17) is 44.3 Å². The molecule has 0 aliphatic rings. The zero-order chi connectivity index (χ0) is 25.3. The summed E-state index contributed by atoms with van der Waals surface area (Å²) in [6.45, 7) is 8.50. The Kier molecular flexibility index (Phi) is 11.3. The third-order valence-electron chi connectivity index (χ3n) is 5.39. The van der Waals surface area contributed by atoms with Crippen LogP contribution in [-0.4, -0.2) is 31.8 Å². The Labute approximate surface area is 221 Å². The second-order valence-electron chi connectivity index (χ2n) is 8.01. The number of carbonyl (C=O) groups excluding carboxylic acids is 1. The molecule has 2 aromatic rings. The van der Waals surface area contributed by atoms with Crippen LogP contribution < -0.4 is 14.2 Å². The van der Waals surface area contributed by atoms with Crippen LogP contribution >= 0.6 is 46.8 Å². The fraction of sp³-hybridized carbons (Fsp3) is 0.346. The maximum Gasteiger partial charge on any atom is 0.184 e. The van der Waals surface area contributed by atoms with Gasteiger partial charge in [-0.3, -0.25) is 9.52 Å². The number of carbonyl (C=O) groups is 1. The van der Waals surface area contributed by atoms with E-state index in [1.807, 2.05) is 68.7 Å². The van der Waals surface area contributed by atoms with Crippen molar-refractivity contribution in [1.29, 1.82) is 0 Å². The van der Waals surface area contributed by atoms with Gasteiger partial charge in [0, 0.05) is 16.0 Å². The summed E-state index contributed by atoms with van der Waals surface area (Å²) in [6.07, 6.45) is 5.58. The molecule has 8 heteroatoms. The molecule has 184 valence electrons. The number of Topliss-reactive ketones (excluding diaryl/α,β-unsaturated/α-hetero) is 1. The molecule has 0 amide bonds. The van der Waals surface area contributed by atoms with Crippen molar-refractivity contribution >= 4 is 52.5 Å². The maximum absolute atomic E-state index is 11.8. The van der Waals surface area contributed by atoms with Gasteiger partial charge in [0.1, 0.15) is 19.0 Å². The molecule has 2 rings (SSSR count). The van der Waals surface area contributed by atoms with E-state index in [0.717, 1.165) is 16.7 Å². The SMILES string of the molecule is C/C=C(COc1c(Cl)cc(C(C)(C)c2ccc(OCC(=O)CNSC)cc2)cc1Cl)\C(Cl)=C/C. The second-order valence-corrected chi connectivity index (χ2v) is 9.93. The Bertz CT molecular complexity index is 1030. The van der Waals surface area contributed by atoms with Crippen molar-refractivity contribution in [2.24, 2.45) is 0 Å². The number of hydrogen-bond donors (Lipinski definition) is 1. The average Bonchev–Trinajstić information content (AvgIpc) is 2.82. The summed E-state index contributed by atoms with van der Waals surface area (Å²) in [5, 5.41) is 1.49. The molecule has 2 aromatic carbocycles. The minimum absolute atomic E-state index is 0.0140. The van der Waals surface area contributed by atoms with Gasteiger partial charge in [0.2, 0.25) is 0 Å². The molecule has 0 saturated carbocycles. The van der Waals surface area contributed by atoms with Crippen LogP contribution in [-0.2, 0) is 10.2 Å². The number of benzene rings is 2. The van der Waals surface area contributed by atoms with E-state index in [1.54, 1.807) is 0 Å². The molecular weight excluding hydrogens is 513 g/mol. The van der Waals surface area contributed by atoms with E-state index in [-0.39, 0.29) is 31.0 Å². The van der Waals surface area contributed by atoms with E-state index >= 15 is 0 Å². The Morgan fingerprint density at radius 1 is 1.00 bits per heavy atom. The minimum atomic E-state index is -0.384. The summed E-state index contributed by atoms with van der Waals surface area (Å²) in [5.74, 6) is 1.04. The summed E-state index contributed by atoms with van der Waals surface area (Å²) in [4.78, 5) is 11.8. The first-order chi connectivity index (χ1) is 16.1. The molecule has 4 nitrogen and oxygen atoms in total. The van der Waals surface area contributed by atoms with Crippen LogP contribution in [0.4, 0.5) is 0 Å². The minimum Gasteiger partial charge on any atom is -0.486 e. The Hall–Kier alpha value is -1.63. The van der Waals surface area contributed by atoms with Crippen LogP contribution in [0.2, 0.25) is 10.0 Å². The van der Waals surface area contributed by atoms with Crippen molar-refractivity contribution < 1.29 is 14.3 Å². The molecule has 0 aromatic heterocycles. The molecule has 0 fully saturated rings. The van der Waals surface area contributed by atoms with E-state index in [1.165, 1.54) is 11.9 Å². The van der Waals surface area contributed by atoms with Gasteiger partial charge in [0.25, 0.3) is 0 Å². The predicted molar refractivity (Wildman–Crippen MR) is 146 cm³/mol. The number of halogens is 3. The molecule has 0 aliphatic carbocycles. The molecule has 0 atom stereocenters. The number of hydrogen-bond acceptors (Lipinski definition) is 5. The summed E-state index contributed by atoms with van der Waals surface area (Å²) in [7, 11) is 0. The first-order valence-corrected chi connectivity index (χ1v) is 13.1. The molecule has 0 bridgehead atoms. The van der Waals surface area contributed by atoms with Gasteiger partial charge in [0.05, 0.1) is 16.6 Å². The van der Waals surface area contributed by atoms with Gasteiger partial charge < -0.3 is 9.47 Å². The van der Waals surface area contributed by atoms with Crippen LogP contribution in [0.3, 0.4) is 0 Å². The van der Waals surface area contributed by atoms with Crippen molar-refractivity contribution in [3.8, 4) is 11.5 Å². The largest absolute Gasteiger partial charge is 0.486 e. The summed E-state index contributed by atoms with van der Waals surface area (Å²) < 4.78 is 14.4. The molecule has 0 saturated heterocycles.